The maximum absolute atomic E-state index is 12.1. The smallest absolute Gasteiger partial charge is 0.239 e. The number of likely N-dealkylation sites (N-methyl/N-ethyl adjacent to an activating group) is 1. The van der Waals surface area contributed by atoms with Crippen LogP contribution in [0.4, 0.5) is 5.82 Å². The van der Waals surface area contributed by atoms with E-state index >= 15 is 0 Å². The molecular formula is C21H26N4O4. The molecule has 0 atom stereocenters. The van der Waals surface area contributed by atoms with E-state index in [2.05, 4.69) is 15.5 Å². The molecule has 1 fully saturated rings. The van der Waals surface area contributed by atoms with Crippen molar-refractivity contribution in [2.24, 2.45) is 0 Å². The van der Waals surface area contributed by atoms with Crippen molar-refractivity contribution in [3.05, 3.63) is 35.4 Å². The fourth-order valence-corrected chi connectivity index (χ4v) is 2.97. The fraction of sp³-hybridized carbons (Fsp3) is 0.429. The summed E-state index contributed by atoms with van der Waals surface area (Å²) >= 11 is 0. The van der Waals surface area contributed by atoms with Crippen molar-refractivity contribution >= 4 is 18.0 Å². The number of anilines is 1. The number of nitrogens with zero attached hydrogens (tertiary/aromatic N) is 3. The van der Waals surface area contributed by atoms with E-state index in [4.69, 9.17) is 9.47 Å². The molecule has 0 spiro atoms. The zero-order valence-electron chi connectivity index (χ0n) is 17.0. The minimum absolute atomic E-state index is 0.0800. The number of amides is 1. The van der Waals surface area contributed by atoms with Crippen LogP contribution in [0.15, 0.2) is 24.3 Å². The summed E-state index contributed by atoms with van der Waals surface area (Å²) in [5.41, 5.74) is 2.96. The first kappa shape index (κ1) is 20.9. The van der Waals surface area contributed by atoms with Crippen LogP contribution in [0.3, 0.4) is 0 Å². The van der Waals surface area contributed by atoms with Crippen LogP contribution in [0, 0.1) is 0 Å². The third kappa shape index (κ3) is 5.58. The van der Waals surface area contributed by atoms with Gasteiger partial charge in [0, 0.05) is 17.7 Å². The molecule has 1 aliphatic carbocycles. The number of rotatable bonds is 10. The van der Waals surface area contributed by atoms with E-state index in [0.717, 1.165) is 30.3 Å². The number of ether oxygens (including phenoxy) is 2. The molecule has 8 heteroatoms. The van der Waals surface area contributed by atoms with E-state index in [1.54, 1.807) is 17.0 Å². The zero-order chi connectivity index (χ0) is 20.8. The average molecular weight is 398 g/mol. The Kier molecular flexibility index (Phi) is 6.90. The number of hydrogen-bond donors (Lipinski definition) is 1. The predicted molar refractivity (Wildman–Crippen MR) is 109 cm³/mol. The quantitative estimate of drug-likeness (QED) is 0.374. The molecule has 154 valence electrons. The van der Waals surface area contributed by atoms with Crippen molar-refractivity contribution in [2.45, 2.75) is 25.7 Å². The molecular weight excluding hydrogens is 372 g/mol. The van der Waals surface area contributed by atoms with Crippen molar-refractivity contribution in [3.63, 3.8) is 0 Å². The molecule has 0 bridgehead atoms. The van der Waals surface area contributed by atoms with Gasteiger partial charge < -0.3 is 19.7 Å². The number of hydrogen-bond acceptors (Lipinski definition) is 7. The predicted octanol–water partition coefficient (Wildman–Crippen LogP) is 2.71. The standard InChI is InChI=1S/C21H26N4O4/c1-4-28-13-29-18-9-14(12-26)5-8-16(18)21-17(15-6-7-15)10-19(23-24-21)22-20(27)11-25(2)3/h5,8-10,12,15H,4,6-7,11,13H2,1-3H3,(H,22,23,27). The van der Waals surface area contributed by atoms with Gasteiger partial charge in [-0.3, -0.25) is 9.59 Å². The topological polar surface area (TPSA) is 93.6 Å². The molecule has 2 aromatic rings. The Morgan fingerprint density at radius 3 is 2.72 bits per heavy atom. The summed E-state index contributed by atoms with van der Waals surface area (Å²) in [4.78, 5) is 25.0. The van der Waals surface area contributed by atoms with Crippen molar-refractivity contribution in [1.82, 2.24) is 15.1 Å². The lowest BCUT2D eigenvalue weighted by atomic mass is 10.0. The highest BCUT2D eigenvalue weighted by Crippen LogP contribution is 2.45. The van der Waals surface area contributed by atoms with Crippen molar-refractivity contribution in [1.29, 1.82) is 0 Å². The van der Waals surface area contributed by atoms with Gasteiger partial charge in [-0.15, -0.1) is 10.2 Å². The molecule has 29 heavy (non-hydrogen) atoms. The molecule has 3 rings (SSSR count). The summed E-state index contributed by atoms with van der Waals surface area (Å²) in [5, 5.41) is 11.4. The van der Waals surface area contributed by atoms with E-state index in [0.29, 0.717) is 35.3 Å². The normalized spacial score (nSPS) is 13.4. The number of carbonyl (C=O) groups excluding carboxylic acids is 2. The van der Waals surface area contributed by atoms with Gasteiger partial charge in [0.2, 0.25) is 5.91 Å². The van der Waals surface area contributed by atoms with E-state index in [1.165, 1.54) is 0 Å². The van der Waals surface area contributed by atoms with E-state index < -0.39 is 0 Å². The molecule has 1 saturated carbocycles. The number of nitrogens with one attached hydrogen (secondary N) is 1. The third-order valence-electron chi connectivity index (χ3n) is 4.47. The minimum atomic E-state index is -0.144. The molecule has 1 amide bonds. The zero-order valence-corrected chi connectivity index (χ0v) is 17.0. The van der Waals surface area contributed by atoms with Gasteiger partial charge in [-0.25, -0.2) is 0 Å². The third-order valence-corrected chi connectivity index (χ3v) is 4.47. The maximum atomic E-state index is 12.1. The van der Waals surface area contributed by atoms with Crippen molar-refractivity contribution < 1.29 is 19.1 Å². The van der Waals surface area contributed by atoms with Gasteiger partial charge >= 0.3 is 0 Å². The van der Waals surface area contributed by atoms with E-state index in [1.807, 2.05) is 33.2 Å². The molecule has 0 radical (unpaired) electrons. The number of aldehydes is 1. The molecule has 8 nitrogen and oxygen atoms in total. The summed E-state index contributed by atoms with van der Waals surface area (Å²) in [6.45, 7) is 2.75. The van der Waals surface area contributed by atoms with Crippen LogP contribution in [0.25, 0.3) is 11.3 Å². The first-order valence-corrected chi connectivity index (χ1v) is 9.64. The summed E-state index contributed by atoms with van der Waals surface area (Å²) < 4.78 is 11.0. The van der Waals surface area contributed by atoms with Crippen LogP contribution in [-0.2, 0) is 9.53 Å². The Balaban J connectivity index is 1.93. The minimum Gasteiger partial charge on any atom is -0.467 e. The number of aromatic nitrogens is 2. The molecule has 1 aromatic heterocycles. The number of benzene rings is 1. The maximum Gasteiger partial charge on any atom is 0.239 e. The molecule has 1 N–H and O–H groups in total. The van der Waals surface area contributed by atoms with Gasteiger partial charge in [-0.2, -0.15) is 0 Å². The molecule has 1 aromatic carbocycles. The summed E-state index contributed by atoms with van der Waals surface area (Å²) in [6.07, 6.45) is 2.89. The molecule has 0 aliphatic heterocycles. The first-order chi connectivity index (χ1) is 14.0. The van der Waals surface area contributed by atoms with Gasteiger partial charge in [0.15, 0.2) is 12.6 Å². The number of carbonyl (C=O) groups is 2. The summed E-state index contributed by atoms with van der Waals surface area (Å²) in [6, 6.07) is 7.09. The Bertz CT molecular complexity index is 881. The summed E-state index contributed by atoms with van der Waals surface area (Å²) in [7, 11) is 3.66. The van der Waals surface area contributed by atoms with Gasteiger partial charge in [-0.1, -0.05) is 6.07 Å². The molecule has 0 unspecified atom stereocenters. The second-order valence-electron chi connectivity index (χ2n) is 7.22. The van der Waals surface area contributed by atoms with Crippen LogP contribution < -0.4 is 10.1 Å². The Morgan fingerprint density at radius 1 is 1.28 bits per heavy atom. The van der Waals surface area contributed by atoms with Gasteiger partial charge in [0.25, 0.3) is 0 Å². The SMILES string of the molecule is CCOCOc1cc(C=O)ccc1-c1nnc(NC(=O)CN(C)C)cc1C1CC1. The lowest BCUT2D eigenvalue weighted by Gasteiger charge is -2.15. The largest absolute Gasteiger partial charge is 0.467 e. The lowest BCUT2D eigenvalue weighted by molar-refractivity contribution is -0.116. The van der Waals surface area contributed by atoms with Gasteiger partial charge in [0.1, 0.15) is 17.7 Å². The average Bonchev–Trinajstić information content (AvgIpc) is 3.53. The van der Waals surface area contributed by atoms with Crippen LogP contribution in [0.2, 0.25) is 0 Å². The van der Waals surface area contributed by atoms with Gasteiger partial charge in [0.05, 0.1) is 6.54 Å². The lowest BCUT2D eigenvalue weighted by Crippen LogP contribution is -2.27. The monoisotopic (exact) mass is 398 g/mol. The van der Waals surface area contributed by atoms with Crippen LogP contribution in [0.1, 0.15) is 41.6 Å². The highest BCUT2D eigenvalue weighted by Gasteiger charge is 2.29. The Morgan fingerprint density at radius 2 is 2.07 bits per heavy atom. The van der Waals surface area contributed by atoms with Crippen LogP contribution in [0.5, 0.6) is 5.75 Å². The van der Waals surface area contributed by atoms with Crippen LogP contribution >= 0.6 is 0 Å². The second-order valence-corrected chi connectivity index (χ2v) is 7.22. The second kappa shape index (κ2) is 9.58. The first-order valence-electron chi connectivity index (χ1n) is 9.64. The van der Waals surface area contributed by atoms with Crippen LogP contribution in [-0.4, -0.2) is 61.3 Å². The van der Waals surface area contributed by atoms with Gasteiger partial charge in [-0.05, 0) is 63.5 Å². The van der Waals surface area contributed by atoms with Crippen molar-refractivity contribution in [3.8, 4) is 17.0 Å². The molecule has 0 saturated heterocycles. The summed E-state index contributed by atoms with van der Waals surface area (Å²) in [5.74, 6) is 1.18. The van der Waals surface area contributed by atoms with E-state index in [-0.39, 0.29) is 19.2 Å². The highest BCUT2D eigenvalue weighted by molar-refractivity contribution is 5.91. The highest BCUT2D eigenvalue weighted by atomic mass is 16.7. The molecule has 1 aliphatic rings. The Hall–Kier alpha value is -2.84. The van der Waals surface area contributed by atoms with Crippen molar-refractivity contribution in [2.75, 3.05) is 39.4 Å². The molecule has 1 heterocycles. The Labute approximate surface area is 170 Å². The van der Waals surface area contributed by atoms with E-state index in [9.17, 15) is 9.59 Å². The fourth-order valence-electron chi connectivity index (χ4n) is 2.97.